The number of aromatic nitrogens is 4. The maximum atomic E-state index is 13.6. The van der Waals surface area contributed by atoms with Gasteiger partial charge < -0.3 is 14.9 Å². The molecule has 2 fully saturated rings. The number of carbonyl (C=O) groups excluding carboxylic acids is 1. The molecule has 2 aromatic heterocycles. The van der Waals surface area contributed by atoms with Crippen LogP contribution in [0.5, 0.6) is 0 Å². The summed E-state index contributed by atoms with van der Waals surface area (Å²) < 4.78 is 0. The second kappa shape index (κ2) is 15.5. The second-order valence-corrected chi connectivity index (χ2v) is 12.4. The predicted octanol–water partition coefficient (Wildman–Crippen LogP) is 6.54. The van der Waals surface area contributed by atoms with E-state index >= 15 is 0 Å². The molecule has 0 spiro atoms. The summed E-state index contributed by atoms with van der Waals surface area (Å²) in [6, 6.07) is 10.5. The third-order valence-corrected chi connectivity index (χ3v) is 9.35. The zero-order chi connectivity index (χ0) is 29.1. The van der Waals surface area contributed by atoms with Crippen molar-refractivity contribution in [1.82, 2.24) is 34.6 Å². The highest BCUT2D eigenvalue weighted by Gasteiger charge is 2.32. The largest absolute Gasteiger partial charge is 0.347 e. The molecule has 2 heterocycles. The number of aromatic amines is 2. The number of imidazole rings is 2. The summed E-state index contributed by atoms with van der Waals surface area (Å²) in [5.74, 6) is 1.49. The number of rotatable bonds is 14. The third-order valence-electron chi connectivity index (χ3n) is 9.35. The Balaban J connectivity index is 1.19. The Bertz CT molecular complexity index is 1130. The fraction of sp³-hybridized carbons (Fsp3) is 0.618. The molecule has 1 amide bonds. The Hall–Kier alpha value is -2.97. The minimum absolute atomic E-state index is 0.0207. The smallest absolute Gasteiger partial charge is 0.254 e. The molecular formula is C34H51N7O. The van der Waals surface area contributed by atoms with Gasteiger partial charge in [-0.2, -0.15) is 0 Å². The number of hydrogen-bond acceptors (Lipinski definition) is 5. The number of H-pyrrole nitrogens is 2. The molecule has 0 radical (unpaired) electrons. The zero-order valence-electron chi connectivity index (χ0n) is 25.8. The topological polar surface area (TPSA) is 84.1 Å². The first-order chi connectivity index (χ1) is 20.6. The minimum Gasteiger partial charge on any atom is -0.347 e. The molecule has 2 aliphatic rings. The van der Waals surface area contributed by atoms with Crippen LogP contribution in [0.3, 0.4) is 0 Å². The van der Waals surface area contributed by atoms with Crippen LogP contribution >= 0.6 is 0 Å². The molecule has 8 nitrogen and oxygen atoms in total. The average molecular weight is 574 g/mol. The Morgan fingerprint density at radius 1 is 0.738 bits per heavy atom. The van der Waals surface area contributed by atoms with Crippen LogP contribution in [0.15, 0.2) is 49.1 Å². The van der Waals surface area contributed by atoms with Gasteiger partial charge in [0.05, 0.1) is 13.1 Å². The van der Waals surface area contributed by atoms with E-state index in [1.807, 2.05) is 12.1 Å². The van der Waals surface area contributed by atoms with Crippen molar-refractivity contribution in [2.24, 2.45) is 0 Å². The van der Waals surface area contributed by atoms with E-state index in [0.717, 1.165) is 43.2 Å². The van der Waals surface area contributed by atoms with Crippen LogP contribution < -0.4 is 0 Å². The fourth-order valence-corrected chi connectivity index (χ4v) is 7.27. The summed E-state index contributed by atoms with van der Waals surface area (Å²) in [5.41, 5.74) is 1.97. The fourth-order valence-electron chi connectivity index (χ4n) is 7.27. The van der Waals surface area contributed by atoms with Crippen molar-refractivity contribution in [3.8, 4) is 0 Å². The van der Waals surface area contributed by atoms with Crippen LogP contribution in [-0.4, -0.2) is 71.8 Å². The van der Waals surface area contributed by atoms with Crippen molar-refractivity contribution in [1.29, 1.82) is 0 Å². The first kappa shape index (κ1) is 30.5. The molecule has 0 bridgehead atoms. The lowest BCUT2D eigenvalue weighted by atomic mass is 9.85. The van der Waals surface area contributed by atoms with E-state index in [-0.39, 0.29) is 5.91 Å². The van der Waals surface area contributed by atoms with Gasteiger partial charge in [0.2, 0.25) is 0 Å². The van der Waals surface area contributed by atoms with Gasteiger partial charge >= 0.3 is 0 Å². The highest BCUT2D eigenvalue weighted by molar-refractivity contribution is 5.94. The second-order valence-electron chi connectivity index (χ2n) is 12.4. The van der Waals surface area contributed by atoms with Crippen LogP contribution in [0.1, 0.15) is 112 Å². The molecule has 0 unspecified atom stereocenters. The highest BCUT2D eigenvalue weighted by atomic mass is 16.2. The van der Waals surface area contributed by atoms with Crippen molar-refractivity contribution in [2.75, 3.05) is 13.1 Å². The summed E-state index contributed by atoms with van der Waals surface area (Å²) in [5, 5.41) is 0. The number of nitrogens with zero attached hydrogens (tertiary/aromatic N) is 5. The van der Waals surface area contributed by atoms with Gasteiger partial charge in [0.25, 0.3) is 5.91 Å². The molecule has 228 valence electrons. The molecule has 2 saturated carbocycles. The van der Waals surface area contributed by atoms with Crippen LogP contribution in [0.4, 0.5) is 0 Å². The maximum Gasteiger partial charge on any atom is 0.254 e. The van der Waals surface area contributed by atoms with E-state index in [1.165, 1.54) is 76.3 Å². The lowest BCUT2D eigenvalue weighted by molar-refractivity contribution is 0.0518. The monoisotopic (exact) mass is 573 g/mol. The highest BCUT2D eigenvalue weighted by Crippen LogP contribution is 2.32. The standard InChI is InChI=1S/C34H51N7O/c1-3-22-39(29-14-16-31(17-15-29)41(23-4-2)30-8-6-5-7-9-30)24-27-10-12-28(13-11-27)34(42)40(25-32-35-18-19-36-32)26-33-37-20-21-38-33/h10-13,18-21,29-31H,3-9,14-17,22-26H2,1-2H3,(H,35,36)(H,37,38). The van der Waals surface area contributed by atoms with E-state index in [1.54, 1.807) is 29.7 Å². The molecule has 0 atom stereocenters. The first-order valence-electron chi connectivity index (χ1n) is 16.5. The summed E-state index contributed by atoms with van der Waals surface area (Å²) in [7, 11) is 0. The van der Waals surface area contributed by atoms with Crippen molar-refractivity contribution in [3.63, 3.8) is 0 Å². The predicted molar refractivity (Wildman–Crippen MR) is 168 cm³/mol. The van der Waals surface area contributed by atoms with E-state index in [9.17, 15) is 4.79 Å². The van der Waals surface area contributed by atoms with E-state index < -0.39 is 0 Å². The number of hydrogen-bond donors (Lipinski definition) is 2. The summed E-state index contributed by atoms with van der Waals surface area (Å²) in [4.78, 5) is 35.8. The SMILES string of the molecule is CCCN(Cc1ccc(C(=O)N(Cc2ncc[nH]2)Cc2ncc[nH]2)cc1)C1CCC(N(CCC)C2CCCCC2)CC1. The summed E-state index contributed by atoms with van der Waals surface area (Å²) in [6.45, 7) is 8.77. The third kappa shape index (κ3) is 8.10. The molecular weight excluding hydrogens is 522 g/mol. The normalized spacial score (nSPS) is 19.9. The molecule has 2 aliphatic carbocycles. The quantitative estimate of drug-likeness (QED) is 0.229. The lowest BCUT2D eigenvalue weighted by Crippen LogP contribution is -2.48. The number of amides is 1. The van der Waals surface area contributed by atoms with Crippen molar-refractivity contribution in [3.05, 3.63) is 71.8 Å². The summed E-state index contributed by atoms with van der Waals surface area (Å²) in [6.07, 6.45) is 21.7. The first-order valence-corrected chi connectivity index (χ1v) is 16.5. The van der Waals surface area contributed by atoms with Crippen LogP contribution in [0.25, 0.3) is 0 Å². The molecule has 8 heteroatoms. The summed E-state index contributed by atoms with van der Waals surface area (Å²) >= 11 is 0. The lowest BCUT2D eigenvalue weighted by Gasteiger charge is -2.44. The number of nitrogens with one attached hydrogen (secondary N) is 2. The average Bonchev–Trinajstić information content (AvgIpc) is 3.75. The Morgan fingerprint density at radius 2 is 1.31 bits per heavy atom. The van der Waals surface area contributed by atoms with Crippen molar-refractivity contribution < 1.29 is 4.79 Å². The van der Waals surface area contributed by atoms with Crippen molar-refractivity contribution in [2.45, 2.75) is 122 Å². The van der Waals surface area contributed by atoms with E-state index in [2.05, 4.69) is 55.7 Å². The molecule has 1 aromatic carbocycles. The Morgan fingerprint density at radius 3 is 1.86 bits per heavy atom. The molecule has 5 rings (SSSR count). The minimum atomic E-state index is -0.0207. The van der Waals surface area contributed by atoms with Gasteiger partial charge in [-0.05, 0) is 82.2 Å². The Labute approximate surface area is 252 Å². The van der Waals surface area contributed by atoms with Gasteiger partial charge in [0.1, 0.15) is 11.6 Å². The molecule has 0 saturated heterocycles. The zero-order valence-corrected chi connectivity index (χ0v) is 25.8. The van der Waals surface area contributed by atoms with Gasteiger partial charge in [-0.1, -0.05) is 45.2 Å². The van der Waals surface area contributed by atoms with Gasteiger partial charge in [-0.15, -0.1) is 0 Å². The van der Waals surface area contributed by atoms with Gasteiger partial charge in [0, 0.05) is 55.0 Å². The number of carbonyl (C=O) groups is 1. The van der Waals surface area contributed by atoms with Gasteiger partial charge in [0.15, 0.2) is 0 Å². The van der Waals surface area contributed by atoms with Crippen LogP contribution in [0, 0.1) is 0 Å². The number of benzene rings is 1. The van der Waals surface area contributed by atoms with Gasteiger partial charge in [-0.3, -0.25) is 14.6 Å². The van der Waals surface area contributed by atoms with Crippen LogP contribution in [0.2, 0.25) is 0 Å². The van der Waals surface area contributed by atoms with Gasteiger partial charge in [-0.25, -0.2) is 9.97 Å². The van der Waals surface area contributed by atoms with Crippen molar-refractivity contribution >= 4 is 5.91 Å². The van der Waals surface area contributed by atoms with E-state index in [4.69, 9.17) is 0 Å². The van der Waals surface area contributed by atoms with E-state index in [0.29, 0.717) is 24.7 Å². The molecule has 2 N–H and O–H groups in total. The molecule has 3 aromatic rings. The Kier molecular flexibility index (Phi) is 11.2. The maximum absolute atomic E-state index is 13.6. The molecule has 42 heavy (non-hydrogen) atoms. The molecule has 0 aliphatic heterocycles. The van der Waals surface area contributed by atoms with Crippen LogP contribution in [-0.2, 0) is 19.6 Å².